The van der Waals surface area contributed by atoms with Gasteiger partial charge in [-0.05, 0) is 94.8 Å². The van der Waals surface area contributed by atoms with Crippen molar-refractivity contribution in [3.8, 4) is 0 Å². The largest absolute Gasteiger partial charge is 0.478 e. The number of hydrogen-bond acceptors (Lipinski definition) is 7. The van der Waals surface area contributed by atoms with Crippen molar-refractivity contribution in [3.63, 3.8) is 0 Å². The molecule has 0 saturated carbocycles. The van der Waals surface area contributed by atoms with Crippen LogP contribution in [-0.2, 0) is 7.05 Å². The molecular formula is C44H58N5O6+. The van der Waals surface area contributed by atoms with E-state index in [-0.39, 0.29) is 22.9 Å². The van der Waals surface area contributed by atoms with Gasteiger partial charge in [-0.15, -0.1) is 0 Å². The summed E-state index contributed by atoms with van der Waals surface area (Å²) in [6, 6.07) is 20.2. The maximum absolute atomic E-state index is 10.5. The summed E-state index contributed by atoms with van der Waals surface area (Å²) in [6.45, 7) is 20.8. The monoisotopic (exact) mass is 752 g/mol. The van der Waals surface area contributed by atoms with Crippen LogP contribution in [0.5, 0.6) is 0 Å². The number of aryl methyl sites for hydroxylation is 1. The summed E-state index contributed by atoms with van der Waals surface area (Å²) in [7, 11) is 2.03. The fraction of sp³-hybridized carbons (Fsp3) is 0.364. The molecule has 0 aliphatic carbocycles. The van der Waals surface area contributed by atoms with Gasteiger partial charge >= 0.3 is 17.9 Å². The van der Waals surface area contributed by atoms with Crippen LogP contribution in [0.15, 0.2) is 104 Å². The molecule has 0 spiro atoms. The maximum atomic E-state index is 10.5. The van der Waals surface area contributed by atoms with E-state index in [9.17, 15) is 14.4 Å². The fourth-order valence-corrected chi connectivity index (χ4v) is 4.33. The predicted molar refractivity (Wildman–Crippen MR) is 216 cm³/mol. The molecule has 11 nitrogen and oxygen atoms in total. The van der Waals surface area contributed by atoms with Crippen LogP contribution >= 0.6 is 0 Å². The molecular weight excluding hydrogens is 695 g/mol. The second-order valence-electron chi connectivity index (χ2n) is 14.2. The standard InChI is InChI=1S/3C9H11NO2.C9H14N.C8H11N/c1-6(2)8-4-3-7(5-10-8)9(11)12;1-6(2)7-3-4-10-8(5-7)9(11)12;1-6(2)7-4-3-5-8(10-7)9(11)12;1-8(2)9-4-6-10(3)7-5-9;1-7(2)8-3-5-9-6-4-8/h3*3-6H,1-2H3,(H,11,12);4-8H,1-3H3;3-7H,1-2H3/q;;;+1;. The van der Waals surface area contributed by atoms with E-state index < -0.39 is 17.9 Å². The molecule has 0 bridgehead atoms. The van der Waals surface area contributed by atoms with Crippen LogP contribution in [0.2, 0.25) is 0 Å². The zero-order chi connectivity index (χ0) is 41.7. The number of rotatable bonds is 8. The van der Waals surface area contributed by atoms with Crippen LogP contribution < -0.4 is 4.57 Å². The molecule has 0 fully saturated rings. The van der Waals surface area contributed by atoms with Gasteiger partial charge < -0.3 is 15.3 Å². The van der Waals surface area contributed by atoms with E-state index in [1.165, 1.54) is 29.6 Å². The minimum absolute atomic E-state index is 0.112. The van der Waals surface area contributed by atoms with Crippen LogP contribution in [0.3, 0.4) is 0 Å². The van der Waals surface area contributed by atoms with Gasteiger partial charge in [0.15, 0.2) is 12.4 Å². The van der Waals surface area contributed by atoms with Gasteiger partial charge in [0.25, 0.3) is 0 Å². The molecule has 3 N–H and O–H groups in total. The lowest BCUT2D eigenvalue weighted by Crippen LogP contribution is -2.26. The predicted octanol–water partition coefficient (Wildman–Crippen LogP) is 9.55. The lowest BCUT2D eigenvalue weighted by Gasteiger charge is -2.04. The van der Waals surface area contributed by atoms with Crippen molar-refractivity contribution >= 4 is 17.9 Å². The third kappa shape index (κ3) is 18.7. The summed E-state index contributed by atoms with van der Waals surface area (Å²) in [4.78, 5) is 47.1. The number of aromatic carboxylic acids is 3. The van der Waals surface area contributed by atoms with E-state index in [1.807, 2.05) is 89.8 Å². The van der Waals surface area contributed by atoms with Crippen molar-refractivity contribution in [2.24, 2.45) is 7.05 Å². The summed E-state index contributed by atoms with van der Waals surface area (Å²) < 4.78 is 2.05. The van der Waals surface area contributed by atoms with Gasteiger partial charge in [-0.1, -0.05) is 75.3 Å². The molecule has 5 rings (SSSR count). The minimum Gasteiger partial charge on any atom is -0.478 e. The molecule has 11 heteroatoms. The molecule has 294 valence electrons. The first-order valence-electron chi connectivity index (χ1n) is 18.3. The zero-order valence-corrected chi connectivity index (χ0v) is 34.0. The lowest BCUT2D eigenvalue weighted by atomic mass is 10.0. The van der Waals surface area contributed by atoms with Crippen molar-refractivity contribution in [2.75, 3.05) is 0 Å². The molecule has 5 aromatic heterocycles. The van der Waals surface area contributed by atoms with Crippen molar-refractivity contribution in [2.45, 2.75) is 98.8 Å². The van der Waals surface area contributed by atoms with Crippen LogP contribution in [-0.4, -0.2) is 53.2 Å². The number of carboxylic acids is 3. The highest BCUT2D eigenvalue weighted by Gasteiger charge is 2.08. The molecule has 0 unspecified atom stereocenters. The fourth-order valence-electron chi connectivity index (χ4n) is 4.33. The van der Waals surface area contributed by atoms with Gasteiger partial charge in [-0.25, -0.2) is 28.9 Å². The molecule has 0 atom stereocenters. The summed E-state index contributed by atoms with van der Waals surface area (Å²) in [5, 5.41) is 25.8. The van der Waals surface area contributed by atoms with Gasteiger partial charge in [0.1, 0.15) is 18.4 Å². The Morgan fingerprint density at radius 2 is 1.04 bits per heavy atom. The van der Waals surface area contributed by atoms with Gasteiger partial charge in [-0.3, -0.25) is 9.97 Å². The van der Waals surface area contributed by atoms with E-state index in [2.05, 4.69) is 72.2 Å². The minimum atomic E-state index is -0.975. The summed E-state index contributed by atoms with van der Waals surface area (Å²) in [5.74, 6) is -0.676. The van der Waals surface area contributed by atoms with Gasteiger partial charge in [0, 0.05) is 48.3 Å². The van der Waals surface area contributed by atoms with Crippen LogP contribution in [0.1, 0.15) is 158 Å². The van der Waals surface area contributed by atoms with Gasteiger partial charge in [-0.2, -0.15) is 0 Å². The maximum Gasteiger partial charge on any atom is 0.354 e. The molecule has 0 aliphatic heterocycles. The smallest absolute Gasteiger partial charge is 0.354 e. The van der Waals surface area contributed by atoms with Crippen molar-refractivity contribution in [3.05, 3.63) is 149 Å². The topological polar surface area (TPSA) is 167 Å². The average Bonchev–Trinajstić information content (AvgIpc) is 3.16. The van der Waals surface area contributed by atoms with Crippen molar-refractivity contribution in [1.29, 1.82) is 0 Å². The lowest BCUT2D eigenvalue weighted by molar-refractivity contribution is -0.671. The number of aromatic nitrogens is 5. The number of carbonyl (C=O) groups is 3. The van der Waals surface area contributed by atoms with E-state index in [4.69, 9.17) is 15.3 Å². The third-order valence-corrected chi connectivity index (χ3v) is 7.92. The number of carboxylic acid groups (broad SMARTS) is 3. The second kappa shape index (κ2) is 24.5. The quantitative estimate of drug-likeness (QED) is 0.130. The highest BCUT2D eigenvalue weighted by molar-refractivity contribution is 5.87. The normalized spacial score (nSPS) is 10.3. The van der Waals surface area contributed by atoms with Crippen LogP contribution in [0.25, 0.3) is 0 Å². The van der Waals surface area contributed by atoms with Gasteiger partial charge in [0.2, 0.25) is 0 Å². The average molecular weight is 753 g/mol. The third-order valence-electron chi connectivity index (χ3n) is 7.92. The Hall–Kier alpha value is -5.84. The second-order valence-corrected chi connectivity index (χ2v) is 14.2. The number of hydrogen-bond donors (Lipinski definition) is 3. The molecule has 5 heterocycles. The zero-order valence-electron chi connectivity index (χ0n) is 34.0. The van der Waals surface area contributed by atoms with Crippen LogP contribution in [0.4, 0.5) is 0 Å². The number of nitrogens with zero attached hydrogens (tertiary/aromatic N) is 5. The molecule has 5 aromatic rings. The van der Waals surface area contributed by atoms with Crippen molar-refractivity contribution in [1.82, 2.24) is 19.9 Å². The Kier molecular flexibility index (Phi) is 21.0. The van der Waals surface area contributed by atoms with E-state index in [0.717, 1.165) is 17.0 Å². The Labute approximate surface area is 326 Å². The Morgan fingerprint density at radius 1 is 0.527 bits per heavy atom. The van der Waals surface area contributed by atoms with E-state index in [0.29, 0.717) is 23.7 Å². The first kappa shape index (κ1) is 47.2. The first-order chi connectivity index (χ1) is 25.8. The molecule has 0 amide bonds. The SMILES string of the molecule is CC(C)c1cc[n+](C)cc1.CC(C)c1ccc(C(=O)O)cn1.CC(C)c1cccc(C(=O)O)n1.CC(C)c1ccnc(C(=O)O)c1.CC(C)c1ccncc1. The Morgan fingerprint density at radius 3 is 1.45 bits per heavy atom. The summed E-state index contributed by atoms with van der Waals surface area (Å²) in [6.07, 6.45) is 10.7. The Bertz CT molecular complexity index is 1810. The van der Waals surface area contributed by atoms with Crippen LogP contribution in [0, 0.1) is 0 Å². The van der Waals surface area contributed by atoms with E-state index >= 15 is 0 Å². The van der Waals surface area contributed by atoms with E-state index in [1.54, 1.807) is 24.3 Å². The van der Waals surface area contributed by atoms with Crippen molar-refractivity contribution < 1.29 is 34.3 Å². The molecule has 55 heavy (non-hydrogen) atoms. The molecule has 0 saturated heterocycles. The van der Waals surface area contributed by atoms with Gasteiger partial charge in [0.05, 0.1) is 5.56 Å². The molecule has 0 aliphatic rings. The Balaban J connectivity index is 0.000000345. The highest BCUT2D eigenvalue weighted by Crippen LogP contribution is 2.15. The molecule has 0 radical (unpaired) electrons. The first-order valence-corrected chi connectivity index (χ1v) is 18.3. The molecule has 0 aromatic carbocycles. The number of pyridine rings is 5. The summed E-state index contributed by atoms with van der Waals surface area (Å²) >= 11 is 0. The summed E-state index contributed by atoms with van der Waals surface area (Å²) in [5.41, 5.74) is 5.95. The highest BCUT2D eigenvalue weighted by atomic mass is 16.4.